The molecular weight excluding hydrogens is 228 g/mol. The molecule has 0 radical (unpaired) electrons. The fraction of sp³-hybridized carbons (Fsp3) is 0.700. The van der Waals surface area contributed by atoms with Gasteiger partial charge in [-0.25, -0.2) is 0 Å². The minimum Gasteiger partial charge on any atom is -0.468 e. The summed E-state index contributed by atoms with van der Waals surface area (Å²) in [7, 11) is 2.43. The fourth-order valence-corrected chi connectivity index (χ4v) is 1.39. The highest BCUT2D eigenvalue weighted by molar-refractivity contribution is 5.89. The molecule has 1 aliphatic rings. The van der Waals surface area contributed by atoms with Crippen LogP contribution in [0.2, 0.25) is 0 Å². The Morgan fingerprint density at radius 3 is 1.88 bits per heavy atom. The van der Waals surface area contributed by atoms with Gasteiger partial charge in [0, 0.05) is 6.04 Å². The molecule has 2 atom stereocenters. The van der Waals surface area contributed by atoms with Crippen LogP contribution in [-0.4, -0.2) is 56.1 Å². The highest BCUT2D eigenvalue weighted by Crippen LogP contribution is 2.29. The van der Waals surface area contributed by atoms with Gasteiger partial charge >= 0.3 is 11.9 Å². The topological polar surface area (TPSA) is 98.9 Å². The van der Waals surface area contributed by atoms with Gasteiger partial charge in [0.15, 0.2) is 0 Å². The molecule has 7 heteroatoms. The second-order valence-corrected chi connectivity index (χ2v) is 3.85. The second kappa shape index (κ2) is 5.62. The summed E-state index contributed by atoms with van der Waals surface area (Å²) in [6, 6.07) is -0.180. The van der Waals surface area contributed by atoms with Crippen molar-refractivity contribution in [2.45, 2.75) is 12.5 Å². The van der Waals surface area contributed by atoms with E-state index in [9.17, 15) is 14.4 Å². The number of nitrogens with two attached hydrogens (primary N) is 1. The standard InChI is InChI=1S/C10H16N2O5/c1-16-8(13)4-12(5-9(14)17-2)10(15)6-3-7(6)11/h6-7H,3-5,11H2,1-2H3. The quantitative estimate of drug-likeness (QED) is 0.591. The second-order valence-electron chi connectivity index (χ2n) is 3.85. The smallest absolute Gasteiger partial charge is 0.325 e. The van der Waals surface area contributed by atoms with Crippen molar-refractivity contribution in [3.05, 3.63) is 0 Å². The Morgan fingerprint density at radius 1 is 1.18 bits per heavy atom. The predicted molar refractivity (Wildman–Crippen MR) is 56.7 cm³/mol. The Kier molecular flexibility index (Phi) is 4.45. The summed E-state index contributed by atoms with van der Waals surface area (Å²) in [4.78, 5) is 35.2. The highest BCUT2D eigenvalue weighted by Gasteiger charge is 2.43. The minimum atomic E-state index is -0.587. The lowest BCUT2D eigenvalue weighted by Crippen LogP contribution is -2.41. The summed E-state index contributed by atoms with van der Waals surface area (Å²) < 4.78 is 8.91. The summed E-state index contributed by atoms with van der Waals surface area (Å²) in [5.41, 5.74) is 5.55. The molecule has 0 spiro atoms. The molecule has 1 amide bonds. The van der Waals surface area contributed by atoms with E-state index in [0.29, 0.717) is 6.42 Å². The van der Waals surface area contributed by atoms with Crippen molar-refractivity contribution in [3.8, 4) is 0 Å². The number of nitrogens with zero attached hydrogens (tertiary/aromatic N) is 1. The van der Waals surface area contributed by atoms with E-state index < -0.39 is 11.9 Å². The fourth-order valence-electron chi connectivity index (χ4n) is 1.39. The van der Waals surface area contributed by atoms with Gasteiger partial charge in [0.1, 0.15) is 13.1 Å². The Balaban J connectivity index is 2.60. The number of carbonyl (C=O) groups excluding carboxylic acids is 3. The summed E-state index contributed by atoms with van der Waals surface area (Å²) in [5.74, 6) is -1.79. The molecule has 0 heterocycles. The highest BCUT2D eigenvalue weighted by atomic mass is 16.5. The van der Waals surface area contributed by atoms with Gasteiger partial charge in [-0.2, -0.15) is 0 Å². The largest absolute Gasteiger partial charge is 0.468 e. The normalized spacial score (nSPS) is 21.6. The molecule has 1 aliphatic carbocycles. The van der Waals surface area contributed by atoms with Crippen molar-refractivity contribution in [2.75, 3.05) is 27.3 Å². The van der Waals surface area contributed by atoms with Gasteiger partial charge < -0.3 is 20.1 Å². The van der Waals surface area contributed by atoms with Crippen molar-refractivity contribution in [2.24, 2.45) is 11.7 Å². The van der Waals surface area contributed by atoms with E-state index in [1.807, 2.05) is 0 Å². The molecule has 96 valence electrons. The average molecular weight is 244 g/mol. The summed E-state index contributed by atoms with van der Waals surface area (Å²) in [6.45, 7) is -0.540. The van der Waals surface area contributed by atoms with Gasteiger partial charge in [0.2, 0.25) is 5.91 Å². The third-order valence-corrected chi connectivity index (χ3v) is 2.56. The maximum atomic E-state index is 11.8. The number of amides is 1. The Labute approximate surface area is 98.8 Å². The monoisotopic (exact) mass is 244 g/mol. The van der Waals surface area contributed by atoms with Crippen LogP contribution in [0.3, 0.4) is 0 Å². The van der Waals surface area contributed by atoms with Crippen LogP contribution in [-0.2, 0) is 23.9 Å². The van der Waals surface area contributed by atoms with Gasteiger partial charge in [-0.05, 0) is 6.42 Å². The van der Waals surface area contributed by atoms with Crippen LogP contribution in [0.1, 0.15) is 6.42 Å². The number of ether oxygens (including phenoxy) is 2. The summed E-state index contributed by atoms with van der Waals surface area (Å²) >= 11 is 0. The zero-order chi connectivity index (χ0) is 13.0. The molecule has 1 rings (SSSR count). The van der Waals surface area contributed by atoms with Gasteiger partial charge in [-0.15, -0.1) is 0 Å². The first kappa shape index (κ1) is 13.4. The molecule has 2 N–H and O–H groups in total. The van der Waals surface area contributed by atoms with Crippen LogP contribution < -0.4 is 5.73 Å². The first-order chi connectivity index (χ1) is 7.99. The van der Waals surface area contributed by atoms with E-state index in [2.05, 4.69) is 9.47 Å². The number of carbonyl (C=O) groups is 3. The van der Waals surface area contributed by atoms with Crippen molar-refractivity contribution in [3.63, 3.8) is 0 Å². The predicted octanol–water partition coefficient (Wildman–Crippen LogP) is -1.49. The zero-order valence-corrected chi connectivity index (χ0v) is 9.84. The lowest BCUT2D eigenvalue weighted by atomic mass is 10.3. The molecule has 2 unspecified atom stereocenters. The van der Waals surface area contributed by atoms with Crippen molar-refractivity contribution >= 4 is 17.8 Å². The maximum Gasteiger partial charge on any atom is 0.325 e. The Bertz CT molecular complexity index is 313. The first-order valence-electron chi connectivity index (χ1n) is 5.17. The van der Waals surface area contributed by atoms with Crippen molar-refractivity contribution in [1.29, 1.82) is 0 Å². The number of rotatable bonds is 5. The molecule has 0 aliphatic heterocycles. The van der Waals surface area contributed by atoms with Gasteiger partial charge in [0.25, 0.3) is 0 Å². The van der Waals surface area contributed by atoms with Crippen LogP contribution in [0.5, 0.6) is 0 Å². The van der Waals surface area contributed by atoms with Crippen LogP contribution in [0.25, 0.3) is 0 Å². The Morgan fingerprint density at radius 2 is 1.59 bits per heavy atom. The number of methoxy groups -OCH3 is 2. The van der Waals surface area contributed by atoms with Crippen molar-refractivity contribution in [1.82, 2.24) is 4.90 Å². The molecule has 0 bridgehead atoms. The first-order valence-corrected chi connectivity index (χ1v) is 5.17. The Hall–Kier alpha value is -1.63. The number of esters is 2. The van der Waals surface area contributed by atoms with Crippen LogP contribution in [0, 0.1) is 5.92 Å². The molecule has 0 aromatic carbocycles. The number of hydrogen-bond donors (Lipinski definition) is 1. The van der Waals surface area contributed by atoms with Gasteiger partial charge in [0.05, 0.1) is 20.1 Å². The molecule has 1 saturated carbocycles. The third kappa shape index (κ3) is 3.70. The molecule has 0 saturated heterocycles. The molecule has 0 aromatic heterocycles. The molecule has 7 nitrogen and oxygen atoms in total. The van der Waals surface area contributed by atoms with Gasteiger partial charge in [-0.3, -0.25) is 14.4 Å². The maximum absolute atomic E-state index is 11.8. The van der Waals surface area contributed by atoms with E-state index in [-0.39, 0.29) is 31.0 Å². The summed E-state index contributed by atoms with van der Waals surface area (Å²) in [6.07, 6.45) is 0.581. The summed E-state index contributed by atoms with van der Waals surface area (Å²) in [5, 5.41) is 0. The van der Waals surface area contributed by atoms with Crippen LogP contribution >= 0.6 is 0 Å². The SMILES string of the molecule is COC(=O)CN(CC(=O)OC)C(=O)C1CC1N. The van der Waals surface area contributed by atoms with Crippen molar-refractivity contribution < 1.29 is 23.9 Å². The van der Waals surface area contributed by atoms with Crippen LogP contribution in [0.15, 0.2) is 0 Å². The van der Waals surface area contributed by atoms with E-state index in [1.165, 1.54) is 14.2 Å². The van der Waals surface area contributed by atoms with E-state index in [0.717, 1.165) is 4.90 Å². The lowest BCUT2D eigenvalue weighted by molar-refractivity contribution is -0.152. The van der Waals surface area contributed by atoms with Crippen LogP contribution in [0.4, 0.5) is 0 Å². The van der Waals surface area contributed by atoms with Gasteiger partial charge in [-0.1, -0.05) is 0 Å². The lowest BCUT2D eigenvalue weighted by Gasteiger charge is -2.19. The minimum absolute atomic E-state index is 0.180. The average Bonchev–Trinajstić information content (AvgIpc) is 3.04. The molecule has 1 fully saturated rings. The van der Waals surface area contributed by atoms with E-state index >= 15 is 0 Å². The zero-order valence-electron chi connectivity index (χ0n) is 9.84. The number of hydrogen-bond acceptors (Lipinski definition) is 6. The molecule has 0 aromatic rings. The molecule has 17 heavy (non-hydrogen) atoms. The van der Waals surface area contributed by atoms with E-state index in [1.54, 1.807) is 0 Å². The van der Waals surface area contributed by atoms with E-state index in [4.69, 9.17) is 5.73 Å². The molecular formula is C10H16N2O5. The third-order valence-electron chi connectivity index (χ3n) is 2.56.